The Morgan fingerprint density at radius 3 is 2.58 bits per heavy atom. The number of carbonyl (C=O) groups is 1. The first-order valence-electron chi connectivity index (χ1n) is 11.7. The highest BCUT2D eigenvalue weighted by Gasteiger charge is 2.36. The van der Waals surface area contributed by atoms with Crippen LogP contribution < -0.4 is 19.9 Å². The third-order valence-corrected chi connectivity index (χ3v) is 6.21. The number of H-pyrrole nitrogens is 1. The number of amides is 1. The molecule has 0 bridgehead atoms. The van der Waals surface area contributed by atoms with Crippen LogP contribution in [0.3, 0.4) is 0 Å². The maximum atomic E-state index is 13.6. The SMILES string of the molecule is Cc1nc(-c2cc3c(n(C=N)c2=N)N(C(=O)OC(C)(C)C)Cc2c(C)ccc4c2[C@H](CO4)CO3)n[nH]1. The van der Waals surface area contributed by atoms with Crippen LogP contribution in [-0.4, -0.2) is 51.0 Å². The van der Waals surface area contributed by atoms with Gasteiger partial charge in [0.25, 0.3) is 0 Å². The van der Waals surface area contributed by atoms with Gasteiger partial charge >= 0.3 is 6.09 Å². The average Bonchev–Trinajstić information content (AvgIpc) is 3.43. The van der Waals surface area contributed by atoms with E-state index in [0.29, 0.717) is 36.2 Å². The zero-order chi connectivity index (χ0) is 25.8. The molecule has 1 amide bonds. The Balaban J connectivity index is 1.76. The zero-order valence-electron chi connectivity index (χ0n) is 20.9. The van der Waals surface area contributed by atoms with E-state index in [9.17, 15) is 4.79 Å². The molecule has 2 aliphatic heterocycles. The van der Waals surface area contributed by atoms with Gasteiger partial charge < -0.3 is 14.2 Å². The van der Waals surface area contributed by atoms with E-state index in [2.05, 4.69) is 15.2 Å². The number of rotatable bonds is 2. The Morgan fingerprint density at radius 2 is 1.94 bits per heavy atom. The molecular weight excluding hydrogens is 462 g/mol. The largest absolute Gasteiger partial charge is 0.493 e. The number of aryl methyl sites for hydroxylation is 2. The number of anilines is 1. The summed E-state index contributed by atoms with van der Waals surface area (Å²) in [7, 11) is 0. The van der Waals surface area contributed by atoms with E-state index < -0.39 is 11.7 Å². The van der Waals surface area contributed by atoms with E-state index in [4.69, 9.17) is 25.0 Å². The third-order valence-electron chi connectivity index (χ3n) is 6.21. The lowest BCUT2D eigenvalue weighted by Gasteiger charge is -2.30. The quantitative estimate of drug-likeness (QED) is 0.369. The summed E-state index contributed by atoms with van der Waals surface area (Å²) < 4.78 is 19.3. The van der Waals surface area contributed by atoms with Crippen molar-refractivity contribution in [3.05, 3.63) is 46.2 Å². The molecule has 0 saturated heterocycles. The van der Waals surface area contributed by atoms with Crippen LogP contribution in [0.5, 0.6) is 11.5 Å². The second-order valence-electron chi connectivity index (χ2n) is 10.00. The van der Waals surface area contributed by atoms with Crippen molar-refractivity contribution >= 4 is 18.2 Å². The Kier molecular flexibility index (Phi) is 5.57. The minimum atomic E-state index is -0.758. The summed E-state index contributed by atoms with van der Waals surface area (Å²) in [4.78, 5) is 19.4. The van der Waals surface area contributed by atoms with Crippen molar-refractivity contribution in [1.82, 2.24) is 19.7 Å². The fraction of sp³-hybridized carbons (Fsp3) is 0.400. The van der Waals surface area contributed by atoms with Crippen LogP contribution >= 0.6 is 0 Å². The van der Waals surface area contributed by atoms with Crippen LogP contribution in [0.15, 0.2) is 18.2 Å². The molecule has 0 aliphatic carbocycles. The molecule has 0 fully saturated rings. The first-order chi connectivity index (χ1) is 17.1. The molecule has 0 unspecified atom stereocenters. The summed E-state index contributed by atoms with van der Waals surface area (Å²) in [6.07, 6.45) is 0.373. The lowest BCUT2D eigenvalue weighted by molar-refractivity contribution is 0.0574. The maximum absolute atomic E-state index is 13.6. The van der Waals surface area contributed by atoms with Crippen molar-refractivity contribution in [2.75, 3.05) is 18.1 Å². The molecule has 0 spiro atoms. The van der Waals surface area contributed by atoms with E-state index in [1.807, 2.05) is 19.1 Å². The van der Waals surface area contributed by atoms with E-state index >= 15 is 0 Å². The number of aromatic nitrogens is 4. The zero-order valence-corrected chi connectivity index (χ0v) is 20.9. The molecule has 11 nitrogen and oxygen atoms in total. The summed E-state index contributed by atoms with van der Waals surface area (Å²) in [5.74, 6) is 2.17. The molecule has 0 radical (unpaired) electrons. The molecule has 4 heterocycles. The second kappa shape index (κ2) is 8.51. The summed E-state index contributed by atoms with van der Waals surface area (Å²) in [5.41, 5.74) is 2.49. The van der Waals surface area contributed by atoms with Crippen LogP contribution in [0.2, 0.25) is 0 Å². The number of nitrogens with one attached hydrogen (secondary N) is 3. The molecule has 11 heteroatoms. The van der Waals surface area contributed by atoms with Crippen LogP contribution in [0.25, 0.3) is 11.4 Å². The summed E-state index contributed by atoms with van der Waals surface area (Å²) in [6.45, 7) is 10.1. The van der Waals surface area contributed by atoms with Gasteiger partial charge in [-0.2, -0.15) is 5.10 Å². The number of carbonyl (C=O) groups excluding carboxylic acids is 1. The van der Waals surface area contributed by atoms with Crippen molar-refractivity contribution in [3.63, 3.8) is 0 Å². The standard InChI is InChI=1S/C25H29N7O4/c1-13-6-7-18-20-15(10-34-18)11-35-19-8-16(22-28-14(2)29-30-22)21(27)32(12-26)23(19)31(9-17(13)20)24(33)36-25(3,4)5/h6-8,12,15,26-27H,9-11H2,1-5H3,(H,28,29,30)/t15-/m1/s1. The van der Waals surface area contributed by atoms with Gasteiger partial charge in [0.1, 0.15) is 22.7 Å². The van der Waals surface area contributed by atoms with Crippen LogP contribution in [0, 0.1) is 24.7 Å². The van der Waals surface area contributed by atoms with E-state index in [-0.39, 0.29) is 23.8 Å². The van der Waals surface area contributed by atoms with Gasteiger partial charge in [-0.3, -0.25) is 25.4 Å². The van der Waals surface area contributed by atoms with E-state index in [1.165, 1.54) is 9.47 Å². The average molecular weight is 492 g/mol. The Hall–Kier alpha value is -4.15. The number of aromatic amines is 1. The highest BCUT2D eigenvalue weighted by Crippen LogP contribution is 2.42. The maximum Gasteiger partial charge on any atom is 0.416 e. The molecule has 2 aromatic heterocycles. The molecule has 1 atom stereocenters. The Morgan fingerprint density at radius 1 is 1.22 bits per heavy atom. The molecule has 0 saturated carbocycles. The van der Waals surface area contributed by atoms with Gasteiger partial charge in [0.05, 0.1) is 37.6 Å². The fourth-order valence-corrected chi connectivity index (χ4v) is 4.58. The smallest absolute Gasteiger partial charge is 0.416 e. The fourth-order valence-electron chi connectivity index (χ4n) is 4.58. The number of hydrogen-bond donors (Lipinski definition) is 3. The van der Waals surface area contributed by atoms with Gasteiger partial charge in [-0.1, -0.05) is 6.07 Å². The molecule has 2 aliphatic rings. The molecule has 1 aromatic carbocycles. The van der Waals surface area contributed by atoms with E-state index in [1.54, 1.807) is 33.8 Å². The molecule has 5 rings (SSSR count). The topological polar surface area (TPSA) is 142 Å². The van der Waals surface area contributed by atoms with E-state index in [0.717, 1.165) is 28.8 Å². The van der Waals surface area contributed by atoms with Crippen molar-refractivity contribution in [2.24, 2.45) is 0 Å². The van der Waals surface area contributed by atoms with Gasteiger partial charge in [-0.05, 0) is 57.9 Å². The van der Waals surface area contributed by atoms with Crippen molar-refractivity contribution < 1.29 is 19.0 Å². The Bertz CT molecular complexity index is 1430. The number of fused-ring (bicyclic) bond motifs is 1. The monoisotopic (exact) mass is 491 g/mol. The summed E-state index contributed by atoms with van der Waals surface area (Å²) in [5, 5.41) is 24.0. The highest BCUT2D eigenvalue weighted by molar-refractivity contribution is 5.91. The van der Waals surface area contributed by atoms with Crippen molar-refractivity contribution in [3.8, 4) is 22.9 Å². The van der Waals surface area contributed by atoms with Gasteiger partial charge in [-0.25, -0.2) is 9.78 Å². The van der Waals surface area contributed by atoms with Crippen LogP contribution in [0.1, 0.15) is 49.2 Å². The first kappa shape index (κ1) is 23.6. The molecule has 3 N–H and O–H groups in total. The molecular formula is C25H29N7O4. The Labute approximate surface area is 208 Å². The number of ether oxygens (including phenoxy) is 3. The molecule has 188 valence electrons. The van der Waals surface area contributed by atoms with Crippen LogP contribution in [-0.2, 0) is 11.3 Å². The number of pyridine rings is 1. The van der Waals surface area contributed by atoms with Crippen molar-refractivity contribution in [2.45, 2.75) is 52.7 Å². The number of hydrogen-bond acceptors (Lipinski definition) is 8. The highest BCUT2D eigenvalue weighted by atomic mass is 16.6. The summed E-state index contributed by atoms with van der Waals surface area (Å²) >= 11 is 0. The van der Waals surface area contributed by atoms with Gasteiger partial charge in [-0.15, -0.1) is 0 Å². The minimum Gasteiger partial charge on any atom is -0.493 e. The number of nitrogens with zero attached hydrogens (tertiary/aromatic N) is 4. The third kappa shape index (κ3) is 4.00. The van der Waals surface area contributed by atoms with Crippen molar-refractivity contribution in [1.29, 1.82) is 10.8 Å². The molecule has 36 heavy (non-hydrogen) atoms. The predicted molar refractivity (Wildman–Crippen MR) is 132 cm³/mol. The lowest BCUT2D eigenvalue weighted by atomic mass is 9.93. The molecule has 3 aromatic rings. The first-order valence-corrected chi connectivity index (χ1v) is 11.7. The van der Waals surface area contributed by atoms with Gasteiger partial charge in [0.2, 0.25) is 0 Å². The van der Waals surface area contributed by atoms with Gasteiger partial charge in [0, 0.05) is 5.56 Å². The minimum absolute atomic E-state index is 0.0420. The van der Waals surface area contributed by atoms with Gasteiger partial charge in [0.15, 0.2) is 17.4 Å². The second-order valence-corrected chi connectivity index (χ2v) is 10.00. The predicted octanol–water partition coefficient (Wildman–Crippen LogP) is 3.63. The number of benzene rings is 1. The normalized spacial score (nSPS) is 16.6. The lowest BCUT2D eigenvalue weighted by Crippen LogP contribution is -2.40. The van der Waals surface area contributed by atoms with Crippen LogP contribution in [0.4, 0.5) is 10.6 Å². The summed E-state index contributed by atoms with van der Waals surface area (Å²) in [6, 6.07) is 5.57.